The van der Waals surface area contributed by atoms with E-state index in [0.29, 0.717) is 12.1 Å². The van der Waals surface area contributed by atoms with Crippen LogP contribution < -0.4 is 10.9 Å². The maximum Gasteiger partial charge on any atom is 0.472 e. The van der Waals surface area contributed by atoms with Crippen LogP contribution in [0.25, 0.3) is 0 Å². The van der Waals surface area contributed by atoms with E-state index in [4.69, 9.17) is 0 Å². The summed E-state index contributed by atoms with van der Waals surface area (Å²) < 4.78 is 51.1. The summed E-state index contributed by atoms with van der Waals surface area (Å²) in [6, 6.07) is 11.4. The third-order valence-electron chi connectivity index (χ3n) is 4.90. The van der Waals surface area contributed by atoms with Gasteiger partial charge in [-0.3, -0.25) is 25.3 Å². The van der Waals surface area contributed by atoms with Crippen LogP contribution in [0.3, 0.4) is 0 Å². The molecular weight excluding hydrogens is 434 g/mol. The molecule has 1 saturated heterocycles. The van der Waals surface area contributed by atoms with E-state index in [-0.39, 0.29) is 17.4 Å². The molecule has 2 N–H and O–H groups in total. The first-order valence-corrected chi connectivity index (χ1v) is 10.6. The Morgan fingerprint density at radius 2 is 1.84 bits per heavy atom. The number of benzene rings is 2. The summed E-state index contributed by atoms with van der Waals surface area (Å²) in [6.07, 6.45) is -5.09. The maximum absolute atomic E-state index is 14.5. The number of carbonyl (C=O) groups excluding carboxylic acids is 2. The maximum atomic E-state index is 14.5. The molecule has 31 heavy (non-hydrogen) atoms. The van der Waals surface area contributed by atoms with Crippen LogP contribution in [0, 0.1) is 12.7 Å². The molecule has 2 aromatic rings. The van der Waals surface area contributed by atoms with E-state index in [1.807, 2.05) is 19.1 Å². The summed E-state index contributed by atoms with van der Waals surface area (Å²) in [5.41, 5.74) is 5.54. The molecule has 0 saturated carbocycles. The van der Waals surface area contributed by atoms with E-state index in [0.717, 1.165) is 29.2 Å². The van der Waals surface area contributed by atoms with Gasteiger partial charge >= 0.3 is 12.1 Å². The minimum Gasteiger partial charge on any atom is -0.290 e. The first-order valence-electron chi connectivity index (χ1n) is 9.49. The summed E-state index contributed by atoms with van der Waals surface area (Å²) in [5, 5.41) is 0. The average Bonchev–Trinajstić information content (AvgIpc) is 2.72. The molecule has 0 bridgehead atoms. The van der Waals surface area contributed by atoms with Gasteiger partial charge in [0.25, 0.3) is 5.91 Å². The van der Waals surface area contributed by atoms with E-state index in [9.17, 15) is 27.2 Å². The fraction of sp³-hybridized carbons (Fsp3) is 0.333. The number of hydrogen-bond acceptors (Lipinski definition) is 4. The van der Waals surface area contributed by atoms with Crippen molar-refractivity contribution in [2.24, 2.45) is 0 Å². The Labute approximate surface area is 181 Å². The molecule has 2 amide bonds. The molecule has 0 aliphatic carbocycles. The van der Waals surface area contributed by atoms with Crippen LogP contribution in [-0.2, 0) is 11.3 Å². The molecule has 1 unspecified atom stereocenters. The van der Waals surface area contributed by atoms with E-state index < -0.39 is 18.0 Å². The molecule has 1 atom stereocenters. The van der Waals surface area contributed by atoms with Crippen molar-refractivity contribution in [3.05, 3.63) is 70.5 Å². The molecular formula is C21H21F4N3O2S. The highest BCUT2D eigenvalue weighted by atomic mass is 32.2. The number of halogens is 4. The average molecular weight is 455 g/mol. The van der Waals surface area contributed by atoms with Crippen LogP contribution >= 0.6 is 11.8 Å². The van der Waals surface area contributed by atoms with Gasteiger partial charge in [0.15, 0.2) is 0 Å². The molecule has 1 fully saturated rings. The molecule has 1 aliphatic rings. The lowest BCUT2D eigenvalue weighted by Crippen LogP contribution is -2.47. The first-order chi connectivity index (χ1) is 14.6. The zero-order chi connectivity index (χ0) is 22.6. The van der Waals surface area contributed by atoms with E-state index in [1.54, 1.807) is 29.3 Å². The van der Waals surface area contributed by atoms with Gasteiger partial charge in [0.2, 0.25) is 0 Å². The van der Waals surface area contributed by atoms with Crippen LogP contribution in [-0.4, -0.2) is 40.9 Å². The highest BCUT2D eigenvalue weighted by Crippen LogP contribution is 2.32. The Morgan fingerprint density at radius 3 is 2.48 bits per heavy atom. The zero-order valence-corrected chi connectivity index (χ0v) is 17.4. The number of amides is 2. The van der Waals surface area contributed by atoms with Crippen molar-refractivity contribution in [2.45, 2.75) is 25.7 Å². The number of alkyl halides is 3. The van der Waals surface area contributed by atoms with Gasteiger partial charge in [0, 0.05) is 41.8 Å². The van der Waals surface area contributed by atoms with Crippen molar-refractivity contribution < 1.29 is 27.2 Å². The van der Waals surface area contributed by atoms with Crippen molar-refractivity contribution in [2.75, 3.05) is 18.1 Å². The summed E-state index contributed by atoms with van der Waals surface area (Å²) in [4.78, 5) is 24.9. The lowest BCUT2D eigenvalue weighted by atomic mass is 10.0. The van der Waals surface area contributed by atoms with Gasteiger partial charge in [-0.1, -0.05) is 24.3 Å². The number of hydrogen-bond donors (Lipinski definition) is 2. The number of nitrogens with one attached hydrogen (secondary N) is 2. The van der Waals surface area contributed by atoms with Crippen LogP contribution in [0.15, 0.2) is 42.5 Å². The third kappa shape index (κ3) is 5.98. The summed E-state index contributed by atoms with van der Waals surface area (Å²) in [5.74, 6) is -1.67. The second-order valence-electron chi connectivity index (χ2n) is 7.19. The van der Waals surface area contributed by atoms with Crippen molar-refractivity contribution >= 4 is 23.6 Å². The first kappa shape index (κ1) is 23.1. The number of hydrazine groups is 1. The predicted molar refractivity (Wildman–Crippen MR) is 110 cm³/mol. The van der Waals surface area contributed by atoms with Crippen LogP contribution in [0.2, 0.25) is 0 Å². The number of rotatable bonds is 4. The van der Waals surface area contributed by atoms with Gasteiger partial charge in [-0.15, -0.1) is 0 Å². The second-order valence-corrected chi connectivity index (χ2v) is 8.34. The van der Waals surface area contributed by atoms with Gasteiger partial charge in [-0.25, -0.2) is 4.39 Å². The zero-order valence-electron chi connectivity index (χ0n) is 16.6. The van der Waals surface area contributed by atoms with E-state index in [2.05, 4.69) is 4.90 Å². The minimum atomic E-state index is -5.09. The predicted octanol–water partition coefficient (Wildman–Crippen LogP) is 3.75. The lowest BCUT2D eigenvalue weighted by Gasteiger charge is -2.36. The van der Waals surface area contributed by atoms with Crippen LogP contribution in [0.4, 0.5) is 17.6 Å². The summed E-state index contributed by atoms with van der Waals surface area (Å²) in [6.45, 7) is 3.14. The number of aryl methyl sites for hydroxylation is 1. The normalized spacial score (nSPS) is 17.3. The molecule has 0 spiro atoms. The van der Waals surface area contributed by atoms with Crippen LogP contribution in [0.1, 0.15) is 33.1 Å². The van der Waals surface area contributed by atoms with Gasteiger partial charge in [0.1, 0.15) is 5.82 Å². The molecule has 166 valence electrons. The summed E-state index contributed by atoms with van der Waals surface area (Å²) in [7, 11) is 0. The van der Waals surface area contributed by atoms with Crippen molar-refractivity contribution in [1.29, 1.82) is 0 Å². The van der Waals surface area contributed by atoms with Crippen molar-refractivity contribution in [1.82, 2.24) is 15.8 Å². The second kappa shape index (κ2) is 9.69. The highest BCUT2D eigenvalue weighted by Gasteiger charge is 2.39. The summed E-state index contributed by atoms with van der Waals surface area (Å²) >= 11 is 1.77. The molecule has 2 aromatic carbocycles. The Bertz CT molecular complexity index is 951. The molecule has 3 rings (SSSR count). The minimum absolute atomic E-state index is 0.0834. The highest BCUT2D eigenvalue weighted by molar-refractivity contribution is 7.99. The molecule has 10 heteroatoms. The third-order valence-corrected chi connectivity index (χ3v) is 5.93. The molecule has 0 radical (unpaired) electrons. The standard InChI is InChI=1S/C21H21F4N3O2S/c1-13-2-7-16(17(22)10-13)18-12-31-9-8-28(18)11-14-3-5-15(6-4-14)19(29)26-27-20(30)21(23,24)25/h2-7,10,18H,8-9,11-12H2,1H3,(H,26,29)(H,27,30). The SMILES string of the molecule is Cc1ccc(C2CSCCN2Cc2ccc(C(=O)NNC(=O)C(F)(F)F)cc2)c(F)c1. The Morgan fingerprint density at radius 1 is 1.13 bits per heavy atom. The fourth-order valence-electron chi connectivity index (χ4n) is 3.27. The van der Waals surface area contributed by atoms with Crippen molar-refractivity contribution in [3.63, 3.8) is 0 Å². The van der Waals surface area contributed by atoms with E-state index in [1.165, 1.54) is 23.6 Å². The van der Waals surface area contributed by atoms with Crippen molar-refractivity contribution in [3.8, 4) is 0 Å². The smallest absolute Gasteiger partial charge is 0.290 e. The van der Waals surface area contributed by atoms with Gasteiger partial charge in [-0.2, -0.15) is 24.9 Å². The number of thioether (sulfide) groups is 1. The largest absolute Gasteiger partial charge is 0.472 e. The topological polar surface area (TPSA) is 61.4 Å². The van der Waals surface area contributed by atoms with Gasteiger partial charge in [0.05, 0.1) is 0 Å². The van der Waals surface area contributed by atoms with Gasteiger partial charge in [-0.05, 0) is 36.2 Å². The lowest BCUT2D eigenvalue weighted by molar-refractivity contribution is -0.174. The Balaban J connectivity index is 1.65. The number of nitrogens with zero attached hydrogens (tertiary/aromatic N) is 1. The van der Waals surface area contributed by atoms with Gasteiger partial charge < -0.3 is 0 Å². The fourth-order valence-corrected chi connectivity index (χ4v) is 4.41. The monoisotopic (exact) mass is 455 g/mol. The quantitative estimate of drug-likeness (QED) is 0.545. The Hall–Kier alpha value is -2.59. The molecule has 5 nitrogen and oxygen atoms in total. The molecule has 0 aromatic heterocycles. The Kier molecular flexibility index (Phi) is 7.22. The number of carbonyl (C=O) groups is 2. The molecule has 1 heterocycles. The molecule has 1 aliphatic heterocycles. The van der Waals surface area contributed by atoms with Crippen LogP contribution in [0.5, 0.6) is 0 Å². The van der Waals surface area contributed by atoms with E-state index >= 15 is 0 Å².